The Balaban J connectivity index is 0.000000246. The van der Waals surface area contributed by atoms with Crippen molar-refractivity contribution < 1.29 is 29.7 Å². The SMILES string of the molecule is CC(=O)CC(C)=O.[Ir].[c-]1ccccc1-c1ccccc1.[c-]1ccccc1-c1ccccn1. The molecule has 0 spiro atoms. The Kier molecular flexibility index (Phi) is 13.1. The summed E-state index contributed by atoms with van der Waals surface area (Å²) in [5.41, 5.74) is 4.38. The molecule has 165 valence electrons. The van der Waals surface area contributed by atoms with Crippen molar-refractivity contribution in [3.63, 3.8) is 0 Å². The van der Waals surface area contributed by atoms with Crippen LogP contribution in [0.3, 0.4) is 0 Å². The molecule has 32 heavy (non-hydrogen) atoms. The Hall–Kier alpha value is -3.20. The Labute approximate surface area is 203 Å². The van der Waals surface area contributed by atoms with Crippen LogP contribution >= 0.6 is 0 Å². The molecule has 0 aliphatic carbocycles. The van der Waals surface area contributed by atoms with Gasteiger partial charge in [-0.15, -0.1) is 71.8 Å². The van der Waals surface area contributed by atoms with E-state index < -0.39 is 0 Å². The van der Waals surface area contributed by atoms with E-state index in [0.29, 0.717) is 0 Å². The smallest absolute Gasteiger partial charge is 0.137 e. The Morgan fingerprint density at radius 2 is 1.22 bits per heavy atom. The zero-order valence-corrected chi connectivity index (χ0v) is 20.5. The van der Waals surface area contributed by atoms with Crippen LogP contribution in [0.1, 0.15) is 20.3 Å². The van der Waals surface area contributed by atoms with E-state index in [1.54, 1.807) is 6.20 Å². The summed E-state index contributed by atoms with van der Waals surface area (Å²) < 4.78 is 0. The second-order valence-corrected chi connectivity index (χ2v) is 6.71. The first-order valence-corrected chi connectivity index (χ1v) is 9.95. The van der Waals surface area contributed by atoms with Gasteiger partial charge in [0.1, 0.15) is 11.6 Å². The van der Waals surface area contributed by atoms with Crippen LogP contribution in [0.15, 0.2) is 103 Å². The summed E-state index contributed by atoms with van der Waals surface area (Å²) in [5, 5.41) is 0. The van der Waals surface area contributed by atoms with Crippen molar-refractivity contribution in [2.45, 2.75) is 20.3 Å². The van der Waals surface area contributed by atoms with Gasteiger partial charge in [0.2, 0.25) is 0 Å². The Morgan fingerprint density at radius 1 is 0.688 bits per heavy atom. The first-order chi connectivity index (χ1) is 15.1. The Bertz CT molecular complexity index is 876. The number of ketones is 2. The van der Waals surface area contributed by atoms with Crippen LogP contribution in [-0.4, -0.2) is 16.6 Å². The van der Waals surface area contributed by atoms with Gasteiger partial charge >= 0.3 is 0 Å². The summed E-state index contributed by atoms with van der Waals surface area (Å²) in [6.45, 7) is 2.81. The maximum atomic E-state index is 10.0. The number of carbonyl (C=O) groups is 2. The number of hydrogen-bond acceptors (Lipinski definition) is 3. The molecule has 4 rings (SSSR count). The van der Waals surface area contributed by atoms with E-state index in [1.807, 2.05) is 78.9 Å². The normalized spacial score (nSPS) is 9.06. The average Bonchev–Trinajstić information content (AvgIpc) is 2.81. The van der Waals surface area contributed by atoms with E-state index in [4.69, 9.17) is 0 Å². The third-order valence-corrected chi connectivity index (χ3v) is 3.94. The van der Waals surface area contributed by atoms with Gasteiger partial charge in [0.15, 0.2) is 0 Å². The van der Waals surface area contributed by atoms with Crippen LogP contribution in [0.5, 0.6) is 0 Å². The molecule has 0 saturated carbocycles. The number of rotatable bonds is 4. The molecule has 0 unspecified atom stereocenters. The molecule has 0 fully saturated rings. The van der Waals surface area contributed by atoms with Crippen LogP contribution < -0.4 is 0 Å². The molecule has 0 atom stereocenters. The van der Waals surface area contributed by atoms with Crippen molar-refractivity contribution in [3.05, 3.63) is 115 Å². The van der Waals surface area contributed by atoms with Crippen molar-refractivity contribution in [3.8, 4) is 22.4 Å². The minimum atomic E-state index is -0.0625. The van der Waals surface area contributed by atoms with Crippen molar-refractivity contribution in [1.29, 1.82) is 0 Å². The largest absolute Gasteiger partial charge is 0.305 e. The second kappa shape index (κ2) is 15.6. The molecule has 1 radical (unpaired) electrons. The fraction of sp³-hybridized carbons (Fsp3) is 0.107. The predicted octanol–water partition coefficient (Wildman–Crippen LogP) is 6.25. The van der Waals surface area contributed by atoms with Crippen LogP contribution in [0.25, 0.3) is 22.4 Å². The minimum Gasteiger partial charge on any atom is -0.305 e. The summed E-state index contributed by atoms with van der Waals surface area (Å²) in [4.78, 5) is 24.3. The summed E-state index contributed by atoms with van der Waals surface area (Å²) in [6, 6.07) is 38.3. The summed E-state index contributed by atoms with van der Waals surface area (Å²) in [7, 11) is 0. The van der Waals surface area contributed by atoms with Crippen molar-refractivity contribution in [1.82, 2.24) is 4.98 Å². The van der Waals surface area contributed by atoms with Gasteiger partial charge in [0, 0.05) is 26.3 Å². The van der Waals surface area contributed by atoms with Gasteiger partial charge in [-0.3, -0.25) is 9.59 Å². The molecule has 4 heteroatoms. The molecule has 0 bridgehead atoms. The molecule has 0 amide bonds. The van der Waals surface area contributed by atoms with Gasteiger partial charge in [0.05, 0.1) is 6.42 Å². The second-order valence-electron chi connectivity index (χ2n) is 6.71. The fourth-order valence-electron chi connectivity index (χ4n) is 2.62. The maximum absolute atomic E-state index is 10.0. The third kappa shape index (κ3) is 10.7. The fourth-order valence-corrected chi connectivity index (χ4v) is 2.62. The zero-order valence-electron chi connectivity index (χ0n) is 18.1. The van der Waals surface area contributed by atoms with Gasteiger partial charge in [-0.2, -0.15) is 0 Å². The molecule has 3 aromatic carbocycles. The molecule has 0 aliphatic rings. The quantitative estimate of drug-likeness (QED) is 0.206. The topological polar surface area (TPSA) is 47.0 Å². The number of hydrogen-bond donors (Lipinski definition) is 0. The first-order valence-electron chi connectivity index (χ1n) is 9.95. The number of Topliss-reactive ketones (excluding diaryl/α,β-unsaturated/α-hetero) is 2. The first kappa shape index (κ1) is 26.8. The maximum Gasteiger partial charge on any atom is 0.137 e. The summed E-state index contributed by atoms with van der Waals surface area (Å²) in [5.74, 6) is -0.125. The summed E-state index contributed by atoms with van der Waals surface area (Å²) in [6.07, 6.45) is 1.87. The molecule has 0 aliphatic heterocycles. The molecule has 4 aromatic rings. The molecule has 1 aromatic heterocycles. The minimum absolute atomic E-state index is 0. The third-order valence-electron chi connectivity index (χ3n) is 3.94. The van der Waals surface area contributed by atoms with Crippen LogP contribution in [-0.2, 0) is 29.7 Å². The molecular weight excluding hydrogens is 575 g/mol. The van der Waals surface area contributed by atoms with Crippen LogP contribution in [0, 0.1) is 12.1 Å². The molecule has 0 N–H and O–H groups in total. The average molecular weight is 600 g/mol. The number of aromatic nitrogens is 1. The predicted molar refractivity (Wildman–Crippen MR) is 125 cm³/mol. The van der Waals surface area contributed by atoms with Crippen molar-refractivity contribution >= 4 is 11.6 Å². The van der Waals surface area contributed by atoms with Crippen LogP contribution in [0.2, 0.25) is 0 Å². The number of nitrogens with zero attached hydrogens (tertiary/aromatic N) is 1. The number of carbonyl (C=O) groups excluding carboxylic acids is 2. The molecular formula is C28H25IrNO2-2. The molecule has 1 heterocycles. The van der Waals surface area contributed by atoms with E-state index >= 15 is 0 Å². The summed E-state index contributed by atoms with van der Waals surface area (Å²) >= 11 is 0. The monoisotopic (exact) mass is 600 g/mol. The zero-order chi connectivity index (χ0) is 22.3. The van der Waals surface area contributed by atoms with Gasteiger partial charge < -0.3 is 4.98 Å². The van der Waals surface area contributed by atoms with Crippen molar-refractivity contribution in [2.24, 2.45) is 0 Å². The standard InChI is InChI=1S/C12H9.C11H8N.C5H8O2.Ir/c1-3-7-11(8-4-1)12-9-5-2-6-10-12;1-2-6-10(7-3-1)11-8-4-5-9-12-11;1-4(6)3-5(2)7;/h1-9H;1-6,8-9H;3H2,1-2H3;/q2*-1;;. The van der Waals surface area contributed by atoms with Gasteiger partial charge in [0.25, 0.3) is 0 Å². The Morgan fingerprint density at radius 3 is 1.66 bits per heavy atom. The molecule has 3 nitrogen and oxygen atoms in total. The van der Waals surface area contributed by atoms with E-state index in [1.165, 1.54) is 19.4 Å². The van der Waals surface area contributed by atoms with Crippen LogP contribution in [0.4, 0.5) is 0 Å². The number of pyridine rings is 1. The molecule has 0 saturated heterocycles. The number of benzene rings is 3. The van der Waals surface area contributed by atoms with Crippen molar-refractivity contribution in [2.75, 3.05) is 0 Å². The van der Waals surface area contributed by atoms with Gasteiger partial charge in [-0.25, -0.2) is 0 Å². The van der Waals surface area contributed by atoms with E-state index in [0.717, 1.165) is 16.8 Å². The van der Waals surface area contributed by atoms with Gasteiger partial charge in [-0.05, 0) is 25.6 Å². The van der Waals surface area contributed by atoms with E-state index in [2.05, 4.69) is 35.3 Å². The van der Waals surface area contributed by atoms with E-state index in [9.17, 15) is 9.59 Å². The van der Waals surface area contributed by atoms with E-state index in [-0.39, 0.29) is 38.1 Å². The van der Waals surface area contributed by atoms with Gasteiger partial charge in [-0.1, -0.05) is 48.0 Å².